The molecule has 0 aromatic heterocycles. The summed E-state index contributed by atoms with van der Waals surface area (Å²) in [7, 11) is 0. The number of nitrogens with one attached hydrogen (secondary N) is 1. The maximum atomic E-state index is 9.21. The summed E-state index contributed by atoms with van der Waals surface area (Å²) >= 11 is 0. The average molecular weight is 271 g/mol. The molecule has 0 amide bonds. The lowest BCUT2D eigenvalue weighted by atomic mass is 9.97. The highest BCUT2D eigenvalue weighted by atomic mass is 15.1. The fourth-order valence-corrected chi connectivity index (χ4v) is 2.99. The molecule has 1 heterocycles. The predicted octanol–water partition coefficient (Wildman–Crippen LogP) is 2.77. The van der Waals surface area contributed by atoms with Crippen LogP contribution in [0.3, 0.4) is 0 Å². The minimum Gasteiger partial charge on any atom is -0.317 e. The van der Waals surface area contributed by atoms with Crippen molar-refractivity contribution in [2.24, 2.45) is 5.92 Å². The molecular weight excluding hydrogens is 246 g/mol. The third-order valence-corrected chi connectivity index (χ3v) is 4.05. The maximum Gasteiger partial charge on any atom is 0.0995 e. The second-order valence-electron chi connectivity index (χ2n) is 5.70. The summed E-state index contributed by atoms with van der Waals surface area (Å²) in [6.07, 6.45) is 3.72. The van der Waals surface area contributed by atoms with E-state index in [1.54, 1.807) is 0 Å². The highest BCUT2D eigenvalue weighted by Gasteiger charge is 2.17. The Kier molecular flexibility index (Phi) is 6.04. The highest BCUT2D eigenvalue weighted by molar-refractivity contribution is 5.37. The van der Waals surface area contributed by atoms with Gasteiger partial charge in [-0.05, 0) is 56.4 Å². The lowest BCUT2D eigenvalue weighted by molar-refractivity contribution is 0.198. The van der Waals surface area contributed by atoms with Crippen LogP contribution in [0.4, 0.5) is 0 Å². The monoisotopic (exact) mass is 271 g/mol. The van der Waals surface area contributed by atoms with Gasteiger partial charge in [-0.15, -0.1) is 0 Å². The lowest BCUT2D eigenvalue weighted by Crippen LogP contribution is -2.36. The third kappa shape index (κ3) is 4.33. The largest absolute Gasteiger partial charge is 0.317 e. The Hall–Kier alpha value is -1.37. The van der Waals surface area contributed by atoms with E-state index in [-0.39, 0.29) is 0 Å². The van der Waals surface area contributed by atoms with Gasteiger partial charge in [-0.3, -0.25) is 4.90 Å². The Labute approximate surface area is 122 Å². The van der Waals surface area contributed by atoms with Gasteiger partial charge in [-0.25, -0.2) is 0 Å². The number of hydrogen-bond acceptors (Lipinski definition) is 3. The van der Waals surface area contributed by atoms with Gasteiger partial charge in [0, 0.05) is 13.1 Å². The van der Waals surface area contributed by atoms with Crippen molar-refractivity contribution >= 4 is 0 Å². The molecule has 1 fully saturated rings. The van der Waals surface area contributed by atoms with Crippen LogP contribution >= 0.6 is 0 Å². The van der Waals surface area contributed by atoms with Gasteiger partial charge in [0.25, 0.3) is 0 Å². The quantitative estimate of drug-likeness (QED) is 0.864. The van der Waals surface area contributed by atoms with Gasteiger partial charge in [0.15, 0.2) is 0 Å². The van der Waals surface area contributed by atoms with E-state index in [1.165, 1.54) is 19.3 Å². The Morgan fingerprint density at radius 2 is 2.05 bits per heavy atom. The molecule has 108 valence electrons. The van der Waals surface area contributed by atoms with Crippen LogP contribution < -0.4 is 5.32 Å². The summed E-state index contributed by atoms with van der Waals surface area (Å²) in [6.45, 7) is 7.71. The molecular formula is C17H25N3. The van der Waals surface area contributed by atoms with Gasteiger partial charge < -0.3 is 5.32 Å². The summed E-state index contributed by atoms with van der Waals surface area (Å²) in [5.41, 5.74) is 1.98. The Balaban J connectivity index is 1.99. The number of rotatable bonds is 6. The van der Waals surface area contributed by atoms with Crippen LogP contribution in [0.15, 0.2) is 24.3 Å². The highest BCUT2D eigenvalue weighted by Crippen LogP contribution is 2.17. The van der Waals surface area contributed by atoms with Gasteiger partial charge in [0.05, 0.1) is 11.6 Å². The molecule has 20 heavy (non-hydrogen) atoms. The van der Waals surface area contributed by atoms with Crippen molar-refractivity contribution in [3.63, 3.8) is 0 Å². The summed E-state index contributed by atoms with van der Waals surface area (Å²) < 4.78 is 0. The maximum absolute atomic E-state index is 9.21. The van der Waals surface area contributed by atoms with E-state index in [2.05, 4.69) is 29.3 Å². The van der Waals surface area contributed by atoms with Gasteiger partial charge >= 0.3 is 0 Å². The molecule has 0 atom stereocenters. The van der Waals surface area contributed by atoms with Crippen molar-refractivity contribution in [1.29, 1.82) is 5.26 Å². The molecule has 3 nitrogen and oxygen atoms in total. The molecule has 1 aromatic carbocycles. The molecule has 2 rings (SSSR count). The molecule has 0 unspecified atom stereocenters. The zero-order valence-electron chi connectivity index (χ0n) is 12.4. The second kappa shape index (κ2) is 8.04. The van der Waals surface area contributed by atoms with Gasteiger partial charge in [-0.2, -0.15) is 5.26 Å². The fourth-order valence-electron chi connectivity index (χ4n) is 2.99. The van der Waals surface area contributed by atoms with E-state index in [4.69, 9.17) is 0 Å². The van der Waals surface area contributed by atoms with Crippen LogP contribution in [-0.4, -0.2) is 31.1 Å². The Morgan fingerprint density at radius 1 is 1.30 bits per heavy atom. The van der Waals surface area contributed by atoms with Crippen LogP contribution in [0.1, 0.15) is 37.3 Å². The minimum absolute atomic E-state index is 0.803. The molecule has 0 bridgehead atoms. The molecule has 1 saturated heterocycles. The number of piperidine rings is 1. The zero-order valence-corrected chi connectivity index (χ0v) is 12.4. The predicted molar refractivity (Wildman–Crippen MR) is 82.3 cm³/mol. The summed E-state index contributed by atoms with van der Waals surface area (Å²) in [4.78, 5) is 2.52. The first-order valence-corrected chi connectivity index (χ1v) is 7.74. The Bertz CT molecular complexity index is 444. The zero-order chi connectivity index (χ0) is 14.2. The fraction of sp³-hybridized carbons (Fsp3) is 0.588. The second-order valence-corrected chi connectivity index (χ2v) is 5.70. The summed E-state index contributed by atoms with van der Waals surface area (Å²) in [5, 5.41) is 12.6. The molecule has 0 spiro atoms. The number of hydrogen-bond donors (Lipinski definition) is 1. The summed E-state index contributed by atoms with van der Waals surface area (Å²) in [6, 6.07) is 10.3. The molecule has 0 saturated carbocycles. The van der Waals surface area contributed by atoms with Gasteiger partial charge in [-0.1, -0.05) is 25.1 Å². The van der Waals surface area contributed by atoms with E-state index < -0.39 is 0 Å². The van der Waals surface area contributed by atoms with Gasteiger partial charge in [0.2, 0.25) is 0 Å². The van der Waals surface area contributed by atoms with Crippen molar-refractivity contribution in [2.45, 2.75) is 32.7 Å². The van der Waals surface area contributed by atoms with Crippen LogP contribution in [-0.2, 0) is 6.54 Å². The molecule has 1 aliphatic heterocycles. The topological polar surface area (TPSA) is 39.1 Å². The first-order valence-electron chi connectivity index (χ1n) is 7.74. The van der Waals surface area contributed by atoms with E-state index in [1.807, 2.05) is 18.2 Å². The first kappa shape index (κ1) is 15.0. The van der Waals surface area contributed by atoms with Crippen LogP contribution in [0, 0.1) is 17.2 Å². The number of nitrogens with zero attached hydrogens (tertiary/aromatic N) is 2. The lowest BCUT2D eigenvalue weighted by Gasteiger charge is -2.30. The molecule has 1 aliphatic rings. The SMILES string of the molecule is CCCN(Cc1ccccc1C#N)CC1CCNCC1. The molecule has 0 aliphatic carbocycles. The average Bonchev–Trinajstić information content (AvgIpc) is 2.49. The van der Waals surface area contributed by atoms with E-state index >= 15 is 0 Å². The molecule has 0 radical (unpaired) electrons. The van der Waals surface area contributed by atoms with Crippen molar-refractivity contribution in [1.82, 2.24) is 10.2 Å². The van der Waals surface area contributed by atoms with Gasteiger partial charge in [0.1, 0.15) is 0 Å². The number of nitriles is 1. The van der Waals surface area contributed by atoms with Crippen molar-refractivity contribution in [2.75, 3.05) is 26.2 Å². The van der Waals surface area contributed by atoms with E-state index in [0.717, 1.165) is 49.8 Å². The number of benzene rings is 1. The molecule has 1 aromatic rings. The molecule has 1 N–H and O–H groups in total. The first-order chi connectivity index (χ1) is 9.83. The van der Waals surface area contributed by atoms with Crippen LogP contribution in [0.5, 0.6) is 0 Å². The van der Waals surface area contributed by atoms with Crippen LogP contribution in [0.25, 0.3) is 0 Å². The van der Waals surface area contributed by atoms with E-state index in [0.29, 0.717) is 0 Å². The minimum atomic E-state index is 0.803. The van der Waals surface area contributed by atoms with Crippen LogP contribution in [0.2, 0.25) is 0 Å². The smallest absolute Gasteiger partial charge is 0.0995 e. The third-order valence-electron chi connectivity index (χ3n) is 4.05. The van der Waals surface area contributed by atoms with Crippen molar-refractivity contribution < 1.29 is 0 Å². The summed E-state index contributed by atoms with van der Waals surface area (Å²) in [5.74, 6) is 0.803. The van der Waals surface area contributed by atoms with E-state index in [9.17, 15) is 5.26 Å². The molecule has 3 heteroatoms. The van der Waals surface area contributed by atoms with Crippen molar-refractivity contribution in [3.05, 3.63) is 35.4 Å². The normalized spacial score (nSPS) is 16.2. The Morgan fingerprint density at radius 3 is 2.75 bits per heavy atom. The van der Waals surface area contributed by atoms with Crippen molar-refractivity contribution in [3.8, 4) is 6.07 Å². The standard InChI is InChI=1S/C17H25N3/c1-2-11-20(13-15-7-9-19-10-8-15)14-17-6-4-3-5-16(17)12-18/h3-6,15,19H,2,7-11,13-14H2,1H3.